The molecule has 0 spiro atoms. The maximum absolute atomic E-state index is 3.72. The molecule has 1 fully saturated rings. The number of nitrogens with one attached hydrogen (secondary N) is 2. The first kappa shape index (κ1) is 14.4. The standard InChI is InChI=1S/C16H22N2S2/c1-3-7-14(8-4-1)13-16(17-11-12-19-16)20-18-15-9-5-2-6-10-15/h1,3-4,7-8,11-12,15,17-18H,2,5-6,9-10,13H2. The van der Waals surface area contributed by atoms with Gasteiger partial charge in [0, 0.05) is 18.7 Å². The van der Waals surface area contributed by atoms with Crippen LogP contribution in [-0.4, -0.2) is 10.2 Å². The van der Waals surface area contributed by atoms with E-state index < -0.39 is 0 Å². The van der Waals surface area contributed by atoms with E-state index in [0.29, 0.717) is 6.04 Å². The molecule has 4 heteroatoms. The van der Waals surface area contributed by atoms with Crippen LogP contribution in [0.5, 0.6) is 0 Å². The van der Waals surface area contributed by atoms with Crippen LogP contribution in [0.25, 0.3) is 0 Å². The minimum absolute atomic E-state index is 0.0127. The van der Waals surface area contributed by atoms with Gasteiger partial charge in [0.05, 0.1) is 0 Å². The van der Waals surface area contributed by atoms with Crippen LogP contribution in [0.2, 0.25) is 0 Å². The molecular weight excluding hydrogens is 284 g/mol. The summed E-state index contributed by atoms with van der Waals surface area (Å²) in [7, 11) is 0. The molecule has 1 aromatic carbocycles. The van der Waals surface area contributed by atoms with E-state index in [4.69, 9.17) is 0 Å². The van der Waals surface area contributed by atoms with Crippen molar-refractivity contribution in [1.82, 2.24) is 10.0 Å². The highest BCUT2D eigenvalue weighted by atomic mass is 32.2. The van der Waals surface area contributed by atoms with E-state index in [1.165, 1.54) is 37.7 Å². The van der Waals surface area contributed by atoms with Gasteiger partial charge in [0.2, 0.25) is 0 Å². The summed E-state index contributed by atoms with van der Waals surface area (Å²) in [5.74, 6) is 0. The molecule has 2 N–H and O–H groups in total. The third-order valence-electron chi connectivity index (χ3n) is 3.91. The van der Waals surface area contributed by atoms with Gasteiger partial charge in [0.1, 0.15) is 0 Å². The first-order valence-corrected chi connectivity index (χ1v) is 9.14. The third kappa shape index (κ3) is 3.74. The van der Waals surface area contributed by atoms with Crippen molar-refractivity contribution in [2.75, 3.05) is 0 Å². The second-order valence-electron chi connectivity index (χ2n) is 5.54. The maximum atomic E-state index is 3.72. The molecule has 0 bridgehead atoms. The smallest absolute Gasteiger partial charge is 0.152 e. The van der Waals surface area contributed by atoms with Crippen molar-refractivity contribution >= 4 is 23.7 Å². The lowest BCUT2D eigenvalue weighted by Crippen LogP contribution is -2.40. The van der Waals surface area contributed by atoms with Gasteiger partial charge < -0.3 is 5.32 Å². The second kappa shape index (κ2) is 6.92. The number of hydrogen-bond acceptors (Lipinski definition) is 4. The van der Waals surface area contributed by atoms with Gasteiger partial charge in [-0.05, 0) is 35.8 Å². The fourth-order valence-electron chi connectivity index (χ4n) is 2.78. The molecule has 1 atom stereocenters. The summed E-state index contributed by atoms with van der Waals surface area (Å²) in [6.07, 6.45) is 9.91. The molecular formula is C16H22N2S2. The normalized spacial score (nSPS) is 26.6. The maximum Gasteiger partial charge on any atom is 0.152 e. The molecule has 3 rings (SSSR count). The fourth-order valence-corrected chi connectivity index (χ4v) is 4.99. The second-order valence-corrected chi connectivity index (χ2v) is 8.14. The average molecular weight is 307 g/mol. The van der Waals surface area contributed by atoms with E-state index in [9.17, 15) is 0 Å². The van der Waals surface area contributed by atoms with E-state index in [1.54, 1.807) is 0 Å². The van der Waals surface area contributed by atoms with Gasteiger partial charge in [0.15, 0.2) is 4.20 Å². The Hall–Kier alpha value is -0.580. The molecule has 1 aromatic rings. The SMILES string of the molecule is C1=CSC(Cc2ccccc2)(SNC2CCCCC2)N1. The zero-order valence-electron chi connectivity index (χ0n) is 11.7. The first-order chi connectivity index (χ1) is 9.86. The van der Waals surface area contributed by atoms with Crippen molar-refractivity contribution in [3.8, 4) is 0 Å². The quantitative estimate of drug-likeness (QED) is 0.794. The van der Waals surface area contributed by atoms with E-state index in [1.807, 2.05) is 23.7 Å². The molecule has 1 aliphatic heterocycles. The van der Waals surface area contributed by atoms with Gasteiger partial charge in [-0.3, -0.25) is 4.72 Å². The summed E-state index contributed by atoms with van der Waals surface area (Å²) in [4.78, 5) is 0. The topological polar surface area (TPSA) is 24.1 Å². The van der Waals surface area contributed by atoms with Gasteiger partial charge in [0.25, 0.3) is 0 Å². The zero-order valence-corrected chi connectivity index (χ0v) is 13.3. The summed E-state index contributed by atoms with van der Waals surface area (Å²) in [6, 6.07) is 11.4. The molecule has 1 unspecified atom stereocenters. The van der Waals surface area contributed by atoms with Crippen LogP contribution in [0.3, 0.4) is 0 Å². The molecule has 1 saturated carbocycles. The molecule has 0 aromatic heterocycles. The Kier molecular flexibility index (Phi) is 4.97. The Bertz CT molecular complexity index is 433. The van der Waals surface area contributed by atoms with E-state index >= 15 is 0 Å². The van der Waals surface area contributed by atoms with Crippen molar-refractivity contribution < 1.29 is 0 Å². The lowest BCUT2D eigenvalue weighted by Gasteiger charge is -2.32. The van der Waals surface area contributed by atoms with Crippen LogP contribution in [0.15, 0.2) is 41.9 Å². The van der Waals surface area contributed by atoms with Crippen LogP contribution in [0, 0.1) is 0 Å². The summed E-state index contributed by atoms with van der Waals surface area (Å²) in [5.41, 5.74) is 1.38. The van der Waals surface area contributed by atoms with Crippen molar-refractivity contribution in [3.63, 3.8) is 0 Å². The Balaban J connectivity index is 1.59. The largest absolute Gasteiger partial charge is 0.366 e. The number of hydrogen-bond donors (Lipinski definition) is 2. The minimum Gasteiger partial charge on any atom is -0.366 e. The summed E-state index contributed by atoms with van der Waals surface area (Å²) in [6.45, 7) is 0. The Labute approximate surface area is 130 Å². The molecule has 0 saturated heterocycles. The van der Waals surface area contributed by atoms with Crippen LogP contribution in [0.1, 0.15) is 37.7 Å². The number of thioether (sulfide) groups is 1. The highest BCUT2D eigenvalue weighted by Crippen LogP contribution is 2.41. The lowest BCUT2D eigenvalue weighted by molar-refractivity contribution is 0.422. The predicted octanol–water partition coefficient (Wildman–Crippen LogP) is 4.26. The summed E-state index contributed by atoms with van der Waals surface area (Å²) < 4.78 is 3.73. The fraction of sp³-hybridized carbons (Fsp3) is 0.500. The van der Waals surface area contributed by atoms with Crippen molar-refractivity contribution in [1.29, 1.82) is 0 Å². The van der Waals surface area contributed by atoms with Gasteiger partial charge in [-0.15, -0.1) is 0 Å². The predicted molar refractivity (Wildman–Crippen MR) is 90.3 cm³/mol. The van der Waals surface area contributed by atoms with E-state index in [-0.39, 0.29) is 4.20 Å². The molecule has 108 valence electrons. The molecule has 2 nitrogen and oxygen atoms in total. The average Bonchev–Trinajstić information content (AvgIpc) is 2.96. The number of benzene rings is 1. The number of rotatable bonds is 5. The zero-order chi connectivity index (χ0) is 13.7. The van der Waals surface area contributed by atoms with Crippen LogP contribution < -0.4 is 10.0 Å². The highest BCUT2D eigenvalue weighted by molar-refractivity contribution is 8.18. The Morgan fingerprint density at radius 1 is 1.20 bits per heavy atom. The molecule has 0 amide bonds. The van der Waals surface area contributed by atoms with Crippen molar-refractivity contribution in [2.24, 2.45) is 0 Å². The molecule has 1 heterocycles. The summed E-state index contributed by atoms with van der Waals surface area (Å²) >= 11 is 3.75. The summed E-state index contributed by atoms with van der Waals surface area (Å²) in [5, 5.41) is 5.71. The molecule has 20 heavy (non-hydrogen) atoms. The Morgan fingerprint density at radius 2 is 2.00 bits per heavy atom. The van der Waals surface area contributed by atoms with Gasteiger partial charge in [-0.2, -0.15) is 0 Å². The highest BCUT2D eigenvalue weighted by Gasteiger charge is 2.34. The van der Waals surface area contributed by atoms with Crippen LogP contribution in [-0.2, 0) is 6.42 Å². The van der Waals surface area contributed by atoms with E-state index in [0.717, 1.165) is 6.42 Å². The van der Waals surface area contributed by atoms with Crippen LogP contribution >= 0.6 is 23.7 Å². The third-order valence-corrected chi connectivity index (χ3v) is 6.40. The van der Waals surface area contributed by atoms with Gasteiger partial charge in [-0.1, -0.05) is 61.4 Å². The monoisotopic (exact) mass is 306 g/mol. The molecule has 1 aliphatic carbocycles. The van der Waals surface area contributed by atoms with Crippen LogP contribution in [0.4, 0.5) is 0 Å². The van der Waals surface area contributed by atoms with Gasteiger partial charge >= 0.3 is 0 Å². The Morgan fingerprint density at radius 3 is 2.70 bits per heavy atom. The lowest BCUT2D eigenvalue weighted by atomic mass is 9.96. The minimum atomic E-state index is 0.0127. The first-order valence-electron chi connectivity index (χ1n) is 7.44. The van der Waals surface area contributed by atoms with Crippen molar-refractivity contribution in [2.45, 2.75) is 48.8 Å². The van der Waals surface area contributed by atoms with E-state index in [2.05, 4.69) is 52.0 Å². The van der Waals surface area contributed by atoms with Gasteiger partial charge in [-0.25, -0.2) is 0 Å². The molecule has 2 aliphatic rings. The van der Waals surface area contributed by atoms with Crippen molar-refractivity contribution in [3.05, 3.63) is 47.5 Å². The molecule has 0 radical (unpaired) electrons.